The van der Waals surface area contributed by atoms with Crippen molar-refractivity contribution in [3.63, 3.8) is 0 Å². The van der Waals surface area contributed by atoms with Crippen molar-refractivity contribution >= 4 is 29.3 Å². The van der Waals surface area contributed by atoms with Gasteiger partial charge in [0.1, 0.15) is 0 Å². The Hall–Kier alpha value is -2.27. The van der Waals surface area contributed by atoms with E-state index < -0.39 is 0 Å². The highest BCUT2D eigenvalue weighted by Crippen LogP contribution is 2.16. The largest absolute Gasteiger partial charge is 0.339 e. The third-order valence-corrected chi connectivity index (χ3v) is 5.00. The smallest absolute Gasteiger partial charge is 0.234 e. The summed E-state index contributed by atoms with van der Waals surface area (Å²) in [7, 11) is 0. The summed E-state index contributed by atoms with van der Waals surface area (Å²) >= 11 is 1.60. The summed E-state index contributed by atoms with van der Waals surface area (Å²) < 4.78 is 0. The number of amides is 2. The van der Waals surface area contributed by atoms with Crippen molar-refractivity contribution in [2.45, 2.75) is 33.1 Å². The fourth-order valence-electron chi connectivity index (χ4n) is 2.67. The van der Waals surface area contributed by atoms with Gasteiger partial charge in [0.2, 0.25) is 11.8 Å². The first-order valence-corrected chi connectivity index (χ1v) is 9.91. The van der Waals surface area contributed by atoms with Crippen LogP contribution in [0.5, 0.6) is 0 Å². The average Bonchev–Trinajstić information content (AvgIpc) is 2.60. The summed E-state index contributed by atoms with van der Waals surface area (Å²) in [6, 6.07) is 16.0. The highest BCUT2D eigenvalue weighted by atomic mass is 32.2. The Bertz CT molecular complexity index is 761. The molecule has 0 bridgehead atoms. The van der Waals surface area contributed by atoms with Gasteiger partial charge >= 0.3 is 0 Å². The molecular weight excluding hydrogens is 344 g/mol. The van der Waals surface area contributed by atoms with Crippen molar-refractivity contribution in [3.05, 3.63) is 65.2 Å². The molecule has 0 aromatic heterocycles. The van der Waals surface area contributed by atoms with Crippen LogP contribution in [0, 0.1) is 6.92 Å². The Morgan fingerprint density at radius 2 is 1.81 bits per heavy atom. The summed E-state index contributed by atoms with van der Waals surface area (Å²) in [4.78, 5) is 25.5. The number of thioether (sulfide) groups is 1. The van der Waals surface area contributed by atoms with Crippen molar-refractivity contribution in [3.8, 4) is 0 Å². The third-order valence-electron chi connectivity index (χ3n) is 4.00. The molecule has 2 rings (SSSR count). The topological polar surface area (TPSA) is 49.4 Å². The third kappa shape index (κ3) is 6.56. The molecule has 0 aliphatic rings. The molecule has 2 amide bonds. The minimum absolute atomic E-state index is 0.0151. The van der Waals surface area contributed by atoms with E-state index in [4.69, 9.17) is 0 Å². The zero-order chi connectivity index (χ0) is 18.9. The summed E-state index contributed by atoms with van der Waals surface area (Å²) in [5.41, 5.74) is 4.24. The SMILES string of the molecule is CCN(Cc1cccc(NC(=O)CSCc2cccc(C)c2)c1)C(C)=O. The fraction of sp³-hybridized carbons (Fsp3) is 0.333. The van der Waals surface area contributed by atoms with Crippen LogP contribution >= 0.6 is 11.8 Å². The molecule has 0 aliphatic carbocycles. The maximum atomic E-state index is 12.2. The van der Waals surface area contributed by atoms with E-state index in [1.54, 1.807) is 23.6 Å². The molecule has 0 saturated carbocycles. The van der Waals surface area contributed by atoms with Crippen LogP contribution in [-0.2, 0) is 21.9 Å². The number of hydrogen-bond acceptors (Lipinski definition) is 3. The Morgan fingerprint density at radius 1 is 1.08 bits per heavy atom. The Kier molecular flexibility index (Phi) is 7.73. The summed E-state index contributed by atoms with van der Waals surface area (Å²) in [6.07, 6.45) is 0. The molecule has 138 valence electrons. The molecule has 0 heterocycles. The molecule has 0 saturated heterocycles. The van der Waals surface area contributed by atoms with Gasteiger partial charge in [0.05, 0.1) is 5.75 Å². The van der Waals surface area contributed by atoms with Gasteiger partial charge in [-0.05, 0) is 37.1 Å². The lowest BCUT2D eigenvalue weighted by atomic mass is 10.2. The molecule has 0 fully saturated rings. The van der Waals surface area contributed by atoms with E-state index in [9.17, 15) is 9.59 Å². The van der Waals surface area contributed by atoms with Crippen LogP contribution in [0.2, 0.25) is 0 Å². The Balaban J connectivity index is 1.84. The maximum Gasteiger partial charge on any atom is 0.234 e. The molecule has 2 aromatic carbocycles. The van der Waals surface area contributed by atoms with E-state index in [1.165, 1.54) is 11.1 Å². The quantitative estimate of drug-likeness (QED) is 0.756. The zero-order valence-corrected chi connectivity index (χ0v) is 16.4. The van der Waals surface area contributed by atoms with Crippen LogP contribution in [-0.4, -0.2) is 29.0 Å². The second-order valence-electron chi connectivity index (χ2n) is 6.26. The molecule has 26 heavy (non-hydrogen) atoms. The number of nitrogens with zero attached hydrogens (tertiary/aromatic N) is 1. The lowest BCUT2D eigenvalue weighted by molar-refractivity contribution is -0.129. The van der Waals surface area contributed by atoms with Gasteiger partial charge in [0, 0.05) is 31.5 Å². The van der Waals surface area contributed by atoms with Crippen LogP contribution in [0.1, 0.15) is 30.5 Å². The first-order valence-electron chi connectivity index (χ1n) is 8.75. The van der Waals surface area contributed by atoms with Gasteiger partial charge < -0.3 is 10.2 Å². The van der Waals surface area contributed by atoms with Crippen molar-refractivity contribution in [1.29, 1.82) is 0 Å². The molecule has 0 spiro atoms. The summed E-state index contributed by atoms with van der Waals surface area (Å²) in [5, 5.41) is 2.94. The predicted octanol–water partition coefficient (Wildman–Crippen LogP) is 4.24. The maximum absolute atomic E-state index is 12.2. The van der Waals surface area contributed by atoms with Crippen LogP contribution in [0.15, 0.2) is 48.5 Å². The second kappa shape index (κ2) is 10.0. The van der Waals surface area contributed by atoms with Crippen molar-refractivity contribution in [2.24, 2.45) is 0 Å². The normalized spacial score (nSPS) is 10.4. The fourth-order valence-corrected chi connectivity index (χ4v) is 3.45. The molecule has 0 aliphatic heterocycles. The highest BCUT2D eigenvalue weighted by molar-refractivity contribution is 7.99. The standard InChI is InChI=1S/C21H26N2O2S/c1-4-23(17(3)24)13-18-8-6-10-20(12-18)22-21(25)15-26-14-19-9-5-7-16(2)11-19/h5-12H,4,13-15H2,1-3H3,(H,22,25). The molecule has 1 N–H and O–H groups in total. The molecular formula is C21H26N2O2S. The minimum Gasteiger partial charge on any atom is -0.339 e. The zero-order valence-electron chi connectivity index (χ0n) is 15.6. The number of anilines is 1. The predicted molar refractivity (Wildman–Crippen MR) is 109 cm³/mol. The number of hydrogen-bond donors (Lipinski definition) is 1. The molecule has 2 aromatic rings. The van der Waals surface area contributed by atoms with E-state index in [1.807, 2.05) is 37.3 Å². The molecule has 5 heteroatoms. The van der Waals surface area contributed by atoms with Crippen LogP contribution in [0.25, 0.3) is 0 Å². The second-order valence-corrected chi connectivity index (χ2v) is 7.25. The Labute approximate surface area is 160 Å². The number of nitrogens with one attached hydrogen (secondary N) is 1. The van der Waals surface area contributed by atoms with Gasteiger partial charge in [-0.1, -0.05) is 42.0 Å². The molecule has 0 atom stereocenters. The van der Waals surface area contributed by atoms with E-state index in [-0.39, 0.29) is 11.8 Å². The number of aryl methyl sites for hydroxylation is 1. The highest BCUT2D eigenvalue weighted by Gasteiger charge is 2.08. The van der Waals surface area contributed by atoms with E-state index in [0.29, 0.717) is 18.8 Å². The molecule has 0 unspecified atom stereocenters. The van der Waals surface area contributed by atoms with E-state index in [2.05, 4.69) is 30.4 Å². The van der Waals surface area contributed by atoms with Crippen molar-refractivity contribution in [2.75, 3.05) is 17.6 Å². The van der Waals surface area contributed by atoms with Gasteiger partial charge in [-0.2, -0.15) is 0 Å². The molecule has 0 radical (unpaired) electrons. The van der Waals surface area contributed by atoms with Crippen LogP contribution in [0.4, 0.5) is 5.69 Å². The van der Waals surface area contributed by atoms with E-state index in [0.717, 1.165) is 17.0 Å². The number of carbonyl (C=O) groups is 2. The van der Waals surface area contributed by atoms with Crippen LogP contribution < -0.4 is 5.32 Å². The lowest BCUT2D eigenvalue weighted by Gasteiger charge is -2.19. The summed E-state index contributed by atoms with van der Waals surface area (Å²) in [5.74, 6) is 1.26. The minimum atomic E-state index is -0.0151. The average molecular weight is 371 g/mol. The van der Waals surface area contributed by atoms with Gasteiger partial charge in [0.15, 0.2) is 0 Å². The Morgan fingerprint density at radius 3 is 2.50 bits per heavy atom. The first-order chi connectivity index (χ1) is 12.5. The number of rotatable bonds is 8. The van der Waals surface area contributed by atoms with Gasteiger partial charge in [0.25, 0.3) is 0 Å². The monoisotopic (exact) mass is 370 g/mol. The first kappa shape index (κ1) is 20.0. The van der Waals surface area contributed by atoms with Crippen molar-refractivity contribution in [1.82, 2.24) is 4.90 Å². The summed E-state index contributed by atoms with van der Waals surface area (Å²) in [6.45, 7) is 6.82. The molecule has 4 nitrogen and oxygen atoms in total. The van der Waals surface area contributed by atoms with Gasteiger partial charge in [-0.3, -0.25) is 9.59 Å². The van der Waals surface area contributed by atoms with E-state index >= 15 is 0 Å². The van der Waals surface area contributed by atoms with Gasteiger partial charge in [-0.25, -0.2) is 0 Å². The lowest BCUT2D eigenvalue weighted by Crippen LogP contribution is -2.27. The van der Waals surface area contributed by atoms with Crippen LogP contribution in [0.3, 0.4) is 0 Å². The van der Waals surface area contributed by atoms with Crippen molar-refractivity contribution < 1.29 is 9.59 Å². The number of benzene rings is 2. The van der Waals surface area contributed by atoms with Gasteiger partial charge in [-0.15, -0.1) is 11.8 Å². The number of carbonyl (C=O) groups excluding carboxylic acids is 2.